The van der Waals surface area contributed by atoms with Gasteiger partial charge in [-0.1, -0.05) is 30.3 Å². The molecule has 1 amide bonds. The summed E-state index contributed by atoms with van der Waals surface area (Å²) in [5.74, 6) is -0.372. The first-order valence-electron chi connectivity index (χ1n) is 8.26. The molecule has 8 heteroatoms. The van der Waals surface area contributed by atoms with Crippen molar-refractivity contribution in [1.82, 2.24) is 9.78 Å². The molecule has 0 saturated heterocycles. The molecular formula is C19H20N4O3S. The van der Waals surface area contributed by atoms with Crippen molar-refractivity contribution >= 4 is 21.6 Å². The number of hydrogen-bond acceptors (Lipinski definition) is 4. The number of nitrogens with two attached hydrogens (primary N) is 1. The Morgan fingerprint density at radius 3 is 2.56 bits per heavy atom. The predicted molar refractivity (Wildman–Crippen MR) is 103 cm³/mol. The molecular weight excluding hydrogens is 364 g/mol. The molecule has 27 heavy (non-hydrogen) atoms. The van der Waals surface area contributed by atoms with Gasteiger partial charge >= 0.3 is 0 Å². The third-order valence-corrected chi connectivity index (χ3v) is 5.19. The van der Waals surface area contributed by atoms with Crippen LogP contribution >= 0.6 is 0 Å². The van der Waals surface area contributed by atoms with Gasteiger partial charge in [0.05, 0.1) is 23.2 Å². The number of carbonyl (C=O) groups excluding carboxylic acids is 1. The van der Waals surface area contributed by atoms with Crippen LogP contribution in [0.25, 0.3) is 0 Å². The van der Waals surface area contributed by atoms with Gasteiger partial charge in [-0.2, -0.15) is 5.10 Å². The van der Waals surface area contributed by atoms with E-state index in [1.807, 2.05) is 30.3 Å². The Hall–Kier alpha value is -2.97. The smallest absolute Gasteiger partial charge is 0.258 e. The summed E-state index contributed by atoms with van der Waals surface area (Å²) in [7, 11) is -3.86. The van der Waals surface area contributed by atoms with Crippen LogP contribution in [-0.2, 0) is 16.6 Å². The van der Waals surface area contributed by atoms with Crippen molar-refractivity contribution in [2.45, 2.75) is 25.3 Å². The van der Waals surface area contributed by atoms with Crippen LogP contribution in [-0.4, -0.2) is 24.1 Å². The zero-order valence-electron chi connectivity index (χ0n) is 15.0. The van der Waals surface area contributed by atoms with Gasteiger partial charge in [-0.15, -0.1) is 0 Å². The lowest BCUT2D eigenvalue weighted by molar-refractivity contribution is 0.102. The van der Waals surface area contributed by atoms with Crippen LogP contribution in [0.4, 0.5) is 5.69 Å². The van der Waals surface area contributed by atoms with E-state index >= 15 is 0 Å². The summed E-state index contributed by atoms with van der Waals surface area (Å²) in [4.78, 5) is 12.5. The fourth-order valence-corrected chi connectivity index (χ4v) is 3.28. The van der Waals surface area contributed by atoms with Gasteiger partial charge in [-0.25, -0.2) is 13.6 Å². The quantitative estimate of drug-likeness (QED) is 0.704. The third kappa shape index (κ3) is 4.42. The first-order valence-corrected chi connectivity index (χ1v) is 9.80. The van der Waals surface area contributed by atoms with E-state index in [2.05, 4.69) is 10.4 Å². The monoisotopic (exact) mass is 384 g/mol. The van der Waals surface area contributed by atoms with Crippen molar-refractivity contribution in [1.29, 1.82) is 0 Å². The first-order chi connectivity index (χ1) is 12.7. The summed E-state index contributed by atoms with van der Waals surface area (Å²) in [5.41, 5.74) is 3.34. The number of aryl methyl sites for hydroxylation is 1. The van der Waals surface area contributed by atoms with E-state index in [1.54, 1.807) is 24.7 Å². The zero-order valence-corrected chi connectivity index (χ0v) is 15.8. The van der Waals surface area contributed by atoms with E-state index in [0.717, 1.165) is 16.7 Å². The highest BCUT2D eigenvalue weighted by atomic mass is 32.2. The van der Waals surface area contributed by atoms with Gasteiger partial charge < -0.3 is 5.32 Å². The number of sulfonamides is 1. The summed E-state index contributed by atoms with van der Waals surface area (Å²) in [6, 6.07) is 12.6. The van der Waals surface area contributed by atoms with Crippen molar-refractivity contribution in [2.24, 2.45) is 5.14 Å². The molecule has 3 N–H and O–H groups in total. The summed E-state index contributed by atoms with van der Waals surface area (Å²) in [6.45, 7) is 4.11. The molecule has 0 radical (unpaired) electrons. The third-order valence-electron chi connectivity index (χ3n) is 4.30. The second-order valence-electron chi connectivity index (χ2n) is 6.32. The molecule has 140 valence electrons. The predicted octanol–water partition coefficient (Wildman–Crippen LogP) is 2.45. The Bertz CT molecular complexity index is 1090. The van der Waals surface area contributed by atoms with Gasteiger partial charge in [0.1, 0.15) is 0 Å². The maximum Gasteiger partial charge on any atom is 0.258 e. The molecule has 0 unspecified atom stereocenters. The van der Waals surface area contributed by atoms with Crippen LogP contribution in [0.1, 0.15) is 27.0 Å². The van der Waals surface area contributed by atoms with E-state index in [0.29, 0.717) is 17.8 Å². The lowest BCUT2D eigenvalue weighted by atomic mass is 10.1. The number of amides is 1. The largest absolute Gasteiger partial charge is 0.322 e. The maximum absolute atomic E-state index is 12.6. The lowest BCUT2D eigenvalue weighted by Crippen LogP contribution is -2.16. The zero-order chi connectivity index (χ0) is 19.6. The number of hydrogen-bond donors (Lipinski definition) is 2. The van der Waals surface area contributed by atoms with Gasteiger partial charge in [0.15, 0.2) is 0 Å². The van der Waals surface area contributed by atoms with E-state index < -0.39 is 10.0 Å². The molecule has 0 aliphatic carbocycles. The minimum Gasteiger partial charge on any atom is -0.322 e. The molecule has 0 saturated carbocycles. The van der Waals surface area contributed by atoms with Crippen molar-refractivity contribution in [3.05, 3.63) is 77.1 Å². The average molecular weight is 384 g/mol. The fourth-order valence-electron chi connectivity index (χ4n) is 2.65. The number of benzene rings is 2. The second kappa shape index (κ2) is 7.34. The highest BCUT2D eigenvalue weighted by Crippen LogP contribution is 2.24. The van der Waals surface area contributed by atoms with Crippen LogP contribution in [0, 0.1) is 13.8 Å². The minimum atomic E-state index is -3.86. The van der Waals surface area contributed by atoms with Crippen molar-refractivity contribution in [3.8, 4) is 0 Å². The van der Waals surface area contributed by atoms with E-state index in [-0.39, 0.29) is 10.8 Å². The standard InChI is InChI=1S/C19H20N4O3S/c1-13-8-17(27(20,25)26)9-18(14(13)2)22-19(24)16-10-21-23(12-16)11-15-6-4-3-5-7-15/h3-10,12H,11H2,1-2H3,(H,22,24)(H2,20,25,26). The highest BCUT2D eigenvalue weighted by Gasteiger charge is 2.16. The first kappa shape index (κ1) is 18.8. The van der Waals surface area contributed by atoms with Crippen LogP contribution in [0.5, 0.6) is 0 Å². The SMILES string of the molecule is Cc1cc(S(N)(=O)=O)cc(NC(=O)c2cnn(Cc3ccccc3)c2)c1C. The molecule has 1 aromatic heterocycles. The van der Waals surface area contributed by atoms with Gasteiger partial charge in [-0.05, 0) is 42.7 Å². The Morgan fingerprint density at radius 2 is 1.89 bits per heavy atom. The summed E-state index contributed by atoms with van der Waals surface area (Å²) >= 11 is 0. The number of carbonyl (C=O) groups is 1. The average Bonchev–Trinajstić information content (AvgIpc) is 3.07. The molecule has 2 aromatic carbocycles. The Morgan fingerprint density at radius 1 is 1.19 bits per heavy atom. The highest BCUT2D eigenvalue weighted by molar-refractivity contribution is 7.89. The van der Waals surface area contributed by atoms with Crippen molar-refractivity contribution in [2.75, 3.05) is 5.32 Å². The Balaban J connectivity index is 1.81. The Kier molecular flexibility index (Phi) is 5.11. The molecule has 0 fully saturated rings. The summed E-state index contributed by atoms with van der Waals surface area (Å²) < 4.78 is 24.9. The van der Waals surface area contributed by atoms with Gasteiger partial charge in [-0.3, -0.25) is 9.48 Å². The maximum atomic E-state index is 12.6. The topological polar surface area (TPSA) is 107 Å². The number of nitrogens with zero attached hydrogens (tertiary/aromatic N) is 2. The minimum absolute atomic E-state index is 0.0410. The van der Waals surface area contributed by atoms with Gasteiger partial charge in [0.25, 0.3) is 5.91 Å². The molecule has 1 heterocycles. The number of anilines is 1. The molecule has 0 atom stereocenters. The number of primary sulfonamides is 1. The lowest BCUT2D eigenvalue weighted by Gasteiger charge is -2.12. The molecule has 0 spiro atoms. The number of nitrogens with one attached hydrogen (secondary N) is 1. The van der Waals surface area contributed by atoms with E-state index in [4.69, 9.17) is 5.14 Å². The summed E-state index contributed by atoms with van der Waals surface area (Å²) in [5, 5.41) is 12.2. The van der Waals surface area contributed by atoms with Gasteiger partial charge in [0.2, 0.25) is 10.0 Å². The molecule has 7 nitrogen and oxygen atoms in total. The molecule has 0 aliphatic rings. The summed E-state index contributed by atoms with van der Waals surface area (Å²) in [6.07, 6.45) is 3.12. The molecule has 3 rings (SSSR count). The Labute approximate surface area is 157 Å². The molecule has 3 aromatic rings. The fraction of sp³-hybridized carbons (Fsp3) is 0.158. The number of aromatic nitrogens is 2. The molecule has 0 bridgehead atoms. The number of rotatable bonds is 5. The van der Waals surface area contributed by atoms with Crippen LogP contribution in [0.3, 0.4) is 0 Å². The van der Waals surface area contributed by atoms with Crippen LogP contribution in [0.2, 0.25) is 0 Å². The normalized spacial score (nSPS) is 11.4. The second-order valence-corrected chi connectivity index (χ2v) is 7.89. The molecule has 0 aliphatic heterocycles. The van der Waals surface area contributed by atoms with Crippen molar-refractivity contribution in [3.63, 3.8) is 0 Å². The van der Waals surface area contributed by atoms with Crippen LogP contribution in [0.15, 0.2) is 59.8 Å². The van der Waals surface area contributed by atoms with E-state index in [1.165, 1.54) is 18.3 Å². The van der Waals surface area contributed by atoms with Gasteiger partial charge in [0, 0.05) is 11.9 Å². The van der Waals surface area contributed by atoms with E-state index in [9.17, 15) is 13.2 Å². The van der Waals surface area contributed by atoms with Crippen molar-refractivity contribution < 1.29 is 13.2 Å². The van der Waals surface area contributed by atoms with Crippen LogP contribution < -0.4 is 10.5 Å².